The van der Waals surface area contributed by atoms with Crippen molar-refractivity contribution in [2.75, 3.05) is 0 Å². The maximum atomic E-state index is 13.1. The van der Waals surface area contributed by atoms with Crippen LogP contribution in [0.3, 0.4) is 0 Å². The summed E-state index contributed by atoms with van der Waals surface area (Å²) >= 11 is 4.23. The number of nitrogens with one attached hydrogen (secondary N) is 2. The molecule has 0 aliphatic heterocycles. The van der Waals surface area contributed by atoms with Crippen LogP contribution in [0.15, 0.2) is 84.6 Å². The smallest absolute Gasteiger partial charge is 0.416 e. The van der Waals surface area contributed by atoms with Crippen molar-refractivity contribution < 1.29 is 32.7 Å². The summed E-state index contributed by atoms with van der Waals surface area (Å²) in [5, 5.41) is 14.3. The Balaban J connectivity index is 1.91. The highest BCUT2D eigenvalue weighted by Gasteiger charge is 2.34. The predicted molar refractivity (Wildman–Crippen MR) is 141 cm³/mol. The lowest BCUT2D eigenvalue weighted by Crippen LogP contribution is -2.53. The van der Waals surface area contributed by atoms with Crippen LogP contribution < -0.4 is 10.6 Å². The van der Waals surface area contributed by atoms with E-state index in [4.69, 9.17) is 0 Å². The van der Waals surface area contributed by atoms with E-state index in [2.05, 4.69) is 23.3 Å². The van der Waals surface area contributed by atoms with Crippen LogP contribution in [0.5, 0.6) is 0 Å². The fraction of sp³-hybridized carbons (Fsp3) is 0.179. The minimum Gasteiger partial charge on any atom is -0.480 e. The highest BCUT2D eigenvalue weighted by Crippen LogP contribution is 2.29. The minimum atomic E-state index is -4.55. The number of carbonyl (C=O) groups is 3. The summed E-state index contributed by atoms with van der Waals surface area (Å²) in [6.07, 6.45) is -3.38. The van der Waals surface area contributed by atoms with E-state index in [1.165, 1.54) is 13.8 Å². The van der Waals surface area contributed by atoms with Gasteiger partial charge in [-0.15, -0.1) is 0 Å². The molecule has 0 fully saturated rings. The number of hydrogen-bond donors (Lipinski definition) is 4. The van der Waals surface area contributed by atoms with Crippen molar-refractivity contribution >= 4 is 36.5 Å². The number of amides is 2. The molecule has 0 aromatic heterocycles. The van der Waals surface area contributed by atoms with E-state index in [0.29, 0.717) is 0 Å². The predicted octanol–water partition coefficient (Wildman–Crippen LogP) is 5.42. The van der Waals surface area contributed by atoms with Crippen molar-refractivity contribution in [3.8, 4) is 11.1 Å². The second-order valence-corrected chi connectivity index (χ2v) is 10.1. The lowest BCUT2D eigenvalue weighted by Gasteiger charge is -2.27. The normalized spacial score (nSPS) is 12.9. The summed E-state index contributed by atoms with van der Waals surface area (Å²) in [5.74, 6) is -2.97. The van der Waals surface area contributed by atoms with Crippen LogP contribution in [0.25, 0.3) is 17.2 Å². The molecule has 3 aromatic rings. The van der Waals surface area contributed by atoms with Crippen molar-refractivity contribution in [3.05, 3.63) is 101 Å². The molecule has 3 rings (SSSR count). The molecule has 0 heterocycles. The molecule has 1 unspecified atom stereocenters. The molecule has 6 nitrogen and oxygen atoms in total. The maximum Gasteiger partial charge on any atom is 0.416 e. The molecule has 38 heavy (non-hydrogen) atoms. The second kappa shape index (κ2) is 11.6. The van der Waals surface area contributed by atoms with Gasteiger partial charge in [-0.2, -0.15) is 25.8 Å². The topological polar surface area (TPSA) is 95.5 Å². The van der Waals surface area contributed by atoms with E-state index < -0.39 is 40.3 Å². The molecule has 0 aliphatic carbocycles. The zero-order valence-corrected chi connectivity index (χ0v) is 21.3. The largest absolute Gasteiger partial charge is 0.480 e. The van der Waals surface area contributed by atoms with Crippen LogP contribution in [-0.4, -0.2) is 33.7 Å². The molecule has 0 radical (unpaired) electrons. The molecule has 2 amide bonds. The number of aliphatic carboxylic acids is 1. The van der Waals surface area contributed by atoms with Crippen LogP contribution in [0, 0.1) is 0 Å². The highest BCUT2D eigenvalue weighted by atomic mass is 32.1. The van der Waals surface area contributed by atoms with Gasteiger partial charge < -0.3 is 15.7 Å². The summed E-state index contributed by atoms with van der Waals surface area (Å²) in [5.41, 5.74) is 0.952. The van der Waals surface area contributed by atoms with Gasteiger partial charge in [-0.3, -0.25) is 9.59 Å². The van der Waals surface area contributed by atoms with Crippen molar-refractivity contribution in [3.63, 3.8) is 0 Å². The Bertz CT molecular complexity index is 1330. The van der Waals surface area contributed by atoms with E-state index >= 15 is 0 Å². The molecule has 0 aliphatic rings. The van der Waals surface area contributed by atoms with Crippen molar-refractivity contribution in [2.45, 2.75) is 30.8 Å². The molecule has 0 spiro atoms. The van der Waals surface area contributed by atoms with Gasteiger partial charge >= 0.3 is 12.1 Å². The molecule has 0 saturated heterocycles. The number of carboxylic acid groups (broad SMARTS) is 1. The fourth-order valence-electron chi connectivity index (χ4n) is 3.48. The highest BCUT2D eigenvalue weighted by molar-refractivity contribution is 7.81. The van der Waals surface area contributed by atoms with E-state index in [9.17, 15) is 32.7 Å². The van der Waals surface area contributed by atoms with Gasteiger partial charge in [-0.25, -0.2) is 4.79 Å². The van der Waals surface area contributed by atoms with Gasteiger partial charge in [0.1, 0.15) is 11.7 Å². The Morgan fingerprint density at radius 3 is 1.92 bits per heavy atom. The lowest BCUT2D eigenvalue weighted by molar-refractivity contribution is -0.142. The summed E-state index contributed by atoms with van der Waals surface area (Å²) in [4.78, 5) is 37.8. The first-order valence-corrected chi connectivity index (χ1v) is 11.8. The van der Waals surface area contributed by atoms with Crippen LogP contribution in [-0.2, 0) is 15.8 Å². The van der Waals surface area contributed by atoms with Gasteiger partial charge in [0.25, 0.3) is 11.8 Å². The summed E-state index contributed by atoms with van der Waals surface area (Å²) in [6.45, 7) is 2.97. The van der Waals surface area contributed by atoms with Crippen LogP contribution in [0.1, 0.15) is 35.3 Å². The standard InChI is InChI=1S/C28H25F3N2O4S/c1-27(2,38)23(26(36)37)33-25(35)22(16-17-8-14-21(15-9-17)28(29,30)31)32-24(34)20-12-10-19(11-13-20)18-6-4-3-5-7-18/h3-16,23,38H,1-2H3,(H,32,34)(H,33,35)(H,36,37)/b22-16+. The van der Waals surface area contributed by atoms with Gasteiger partial charge in [0.05, 0.1) is 5.56 Å². The Morgan fingerprint density at radius 2 is 1.42 bits per heavy atom. The first-order valence-electron chi connectivity index (χ1n) is 11.4. The number of benzene rings is 3. The SMILES string of the molecule is CC(C)(S)C(NC(=O)/C(=C\c1ccc(C(F)(F)F)cc1)NC(=O)c1ccc(-c2ccccc2)cc1)C(=O)O. The Hall–Kier alpha value is -4.05. The molecule has 0 bridgehead atoms. The number of rotatable bonds is 8. The van der Waals surface area contributed by atoms with Gasteiger partial charge in [0.15, 0.2) is 0 Å². The average molecular weight is 543 g/mol. The van der Waals surface area contributed by atoms with Crippen molar-refractivity contribution in [2.24, 2.45) is 0 Å². The van der Waals surface area contributed by atoms with Gasteiger partial charge in [-0.1, -0.05) is 54.6 Å². The third-order valence-corrected chi connectivity index (χ3v) is 5.78. The Labute approximate surface area is 223 Å². The molecule has 3 N–H and O–H groups in total. The Kier molecular flexibility index (Phi) is 8.67. The second-order valence-electron chi connectivity index (χ2n) is 8.97. The molecule has 0 saturated carbocycles. The van der Waals surface area contributed by atoms with E-state index in [-0.39, 0.29) is 16.8 Å². The van der Waals surface area contributed by atoms with Crippen LogP contribution in [0.2, 0.25) is 0 Å². The molecular formula is C28H25F3N2O4S. The van der Waals surface area contributed by atoms with Gasteiger partial charge in [-0.05, 0) is 60.9 Å². The van der Waals surface area contributed by atoms with E-state index in [1.54, 1.807) is 24.3 Å². The fourth-order valence-corrected chi connectivity index (χ4v) is 3.66. The van der Waals surface area contributed by atoms with Crippen LogP contribution in [0.4, 0.5) is 13.2 Å². The monoisotopic (exact) mass is 542 g/mol. The molecule has 1 atom stereocenters. The van der Waals surface area contributed by atoms with Crippen molar-refractivity contribution in [1.82, 2.24) is 10.6 Å². The van der Waals surface area contributed by atoms with E-state index in [1.807, 2.05) is 30.3 Å². The number of carbonyl (C=O) groups excluding carboxylic acids is 2. The quantitative estimate of drug-likeness (QED) is 0.226. The first kappa shape index (κ1) is 28.5. The molecule has 10 heteroatoms. The summed E-state index contributed by atoms with van der Waals surface area (Å²) < 4.78 is 37.6. The van der Waals surface area contributed by atoms with E-state index in [0.717, 1.165) is 41.5 Å². The number of halogens is 3. The summed E-state index contributed by atoms with van der Waals surface area (Å²) in [6, 6.07) is 18.5. The number of alkyl halides is 3. The number of thiol groups is 1. The first-order chi connectivity index (χ1) is 17.8. The lowest BCUT2D eigenvalue weighted by atomic mass is 10.0. The third kappa shape index (κ3) is 7.48. The number of carboxylic acids is 1. The molecular weight excluding hydrogens is 517 g/mol. The Morgan fingerprint density at radius 1 is 0.868 bits per heavy atom. The van der Waals surface area contributed by atoms with Gasteiger partial charge in [0.2, 0.25) is 0 Å². The minimum absolute atomic E-state index is 0.180. The average Bonchev–Trinajstić information content (AvgIpc) is 2.86. The molecule has 198 valence electrons. The zero-order valence-electron chi connectivity index (χ0n) is 20.4. The summed E-state index contributed by atoms with van der Waals surface area (Å²) in [7, 11) is 0. The number of hydrogen-bond acceptors (Lipinski definition) is 4. The third-order valence-electron chi connectivity index (χ3n) is 5.52. The van der Waals surface area contributed by atoms with Crippen molar-refractivity contribution in [1.29, 1.82) is 0 Å². The van der Waals surface area contributed by atoms with Gasteiger partial charge in [0, 0.05) is 10.3 Å². The maximum absolute atomic E-state index is 13.1. The molecule has 3 aromatic carbocycles. The van der Waals surface area contributed by atoms with Crippen LogP contribution >= 0.6 is 12.6 Å². The zero-order chi connectivity index (χ0) is 28.1.